The molecule has 0 bridgehead atoms. The van der Waals surface area contributed by atoms with Gasteiger partial charge in [0.15, 0.2) is 0 Å². The molecule has 1 aromatic rings. The molecule has 0 aliphatic carbocycles. The lowest BCUT2D eigenvalue weighted by Crippen LogP contribution is -2.53. The van der Waals surface area contributed by atoms with E-state index < -0.39 is 5.54 Å². The van der Waals surface area contributed by atoms with Gasteiger partial charge in [-0.1, -0.05) is 12.1 Å². The number of hydrogen-bond acceptors (Lipinski definition) is 5. The van der Waals surface area contributed by atoms with Crippen molar-refractivity contribution < 1.29 is 19.0 Å². The third-order valence-corrected chi connectivity index (χ3v) is 3.62. The first-order valence-corrected chi connectivity index (χ1v) is 6.72. The molecule has 2 atom stereocenters. The number of nitrogens with one attached hydrogen (secondary N) is 1. The first kappa shape index (κ1) is 14.7. The molecule has 2 unspecified atom stereocenters. The normalized spacial score (nSPS) is 25.9. The van der Waals surface area contributed by atoms with E-state index in [1.54, 1.807) is 7.11 Å². The maximum atomic E-state index is 12.3. The van der Waals surface area contributed by atoms with Gasteiger partial charge in [0.1, 0.15) is 11.3 Å². The molecule has 1 saturated heterocycles. The molecule has 1 N–H and O–H groups in total. The van der Waals surface area contributed by atoms with E-state index in [2.05, 4.69) is 5.32 Å². The zero-order valence-electron chi connectivity index (χ0n) is 12.1. The number of para-hydroxylation sites is 2. The molecule has 1 aliphatic rings. The van der Waals surface area contributed by atoms with Crippen molar-refractivity contribution in [2.75, 3.05) is 26.1 Å². The third-order valence-electron chi connectivity index (χ3n) is 3.62. The summed E-state index contributed by atoms with van der Waals surface area (Å²) < 4.78 is 15.9. The predicted octanol–water partition coefficient (Wildman–Crippen LogP) is 2.22. The van der Waals surface area contributed by atoms with Crippen molar-refractivity contribution in [2.24, 2.45) is 0 Å². The van der Waals surface area contributed by atoms with E-state index in [1.165, 1.54) is 7.11 Å². The summed E-state index contributed by atoms with van der Waals surface area (Å²) >= 11 is 0. The summed E-state index contributed by atoms with van der Waals surface area (Å²) in [6.07, 6.45) is 1.14. The molecule has 0 radical (unpaired) electrons. The van der Waals surface area contributed by atoms with Crippen molar-refractivity contribution in [1.82, 2.24) is 0 Å². The first-order valence-electron chi connectivity index (χ1n) is 6.72. The van der Waals surface area contributed by atoms with Gasteiger partial charge < -0.3 is 19.5 Å². The molecule has 5 heteroatoms. The highest BCUT2D eigenvalue weighted by Gasteiger charge is 2.44. The van der Waals surface area contributed by atoms with Crippen LogP contribution >= 0.6 is 0 Å². The number of rotatable bonds is 4. The third kappa shape index (κ3) is 2.88. The molecule has 1 aliphatic heterocycles. The SMILES string of the molecule is COC(=O)C1(Nc2ccccc2OC)CCOC(C)C1. The largest absolute Gasteiger partial charge is 0.495 e. The van der Waals surface area contributed by atoms with Gasteiger partial charge in [0, 0.05) is 19.4 Å². The van der Waals surface area contributed by atoms with Crippen LogP contribution in [0.4, 0.5) is 5.69 Å². The molecule has 0 aromatic heterocycles. The van der Waals surface area contributed by atoms with Crippen LogP contribution in [0.5, 0.6) is 5.75 Å². The highest BCUT2D eigenvalue weighted by atomic mass is 16.5. The van der Waals surface area contributed by atoms with Gasteiger partial charge >= 0.3 is 5.97 Å². The lowest BCUT2D eigenvalue weighted by molar-refractivity contribution is -0.151. The molecule has 0 saturated carbocycles. The van der Waals surface area contributed by atoms with E-state index >= 15 is 0 Å². The number of carbonyl (C=O) groups is 1. The Morgan fingerprint density at radius 2 is 2.15 bits per heavy atom. The van der Waals surface area contributed by atoms with Gasteiger partial charge in [-0.2, -0.15) is 0 Å². The van der Waals surface area contributed by atoms with E-state index in [0.29, 0.717) is 25.2 Å². The van der Waals surface area contributed by atoms with Gasteiger partial charge in [-0.15, -0.1) is 0 Å². The van der Waals surface area contributed by atoms with Crippen molar-refractivity contribution in [3.63, 3.8) is 0 Å². The van der Waals surface area contributed by atoms with Crippen LogP contribution in [0.25, 0.3) is 0 Å². The highest BCUT2D eigenvalue weighted by molar-refractivity contribution is 5.85. The number of anilines is 1. The molecular formula is C15H21NO4. The van der Waals surface area contributed by atoms with Crippen molar-refractivity contribution >= 4 is 11.7 Å². The fraction of sp³-hybridized carbons (Fsp3) is 0.533. The maximum Gasteiger partial charge on any atom is 0.331 e. The zero-order chi connectivity index (χ0) is 14.6. The van der Waals surface area contributed by atoms with Gasteiger partial charge in [-0.25, -0.2) is 4.79 Å². The molecule has 20 heavy (non-hydrogen) atoms. The summed E-state index contributed by atoms with van der Waals surface area (Å²) in [5, 5.41) is 3.32. The second-order valence-corrected chi connectivity index (χ2v) is 5.03. The predicted molar refractivity (Wildman–Crippen MR) is 76.0 cm³/mol. The number of ether oxygens (including phenoxy) is 3. The van der Waals surface area contributed by atoms with Gasteiger partial charge in [-0.3, -0.25) is 0 Å². The Kier molecular flexibility index (Phi) is 4.49. The molecule has 110 valence electrons. The van der Waals surface area contributed by atoms with E-state index in [1.807, 2.05) is 31.2 Å². The molecule has 5 nitrogen and oxygen atoms in total. The summed E-state index contributed by atoms with van der Waals surface area (Å²) in [6, 6.07) is 7.54. The minimum atomic E-state index is -0.763. The van der Waals surface area contributed by atoms with Crippen molar-refractivity contribution in [3.05, 3.63) is 24.3 Å². The Bertz CT molecular complexity index is 477. The van der Waals surface area contributed by atoms with E-state index in [4.69, 9.17) is 14.2 Å². The minimum absolute atomic E-state index is 0.00468. The minimum Gasteiger partial charge on any atom is -0.495 e. The molecule has 2 rings (SSSR count). The van der Waals surface area contributed by atoms with Crippen molar-refractivity contribution in [2.45, 2.75) is 31.4 Å². The molecule has 1 fully saturated rings. The monoisotopic (exact) mass is 279 g/mol. The van der Waals surface area contributed by atoms with Crippen molar-refractivity contribution in [3.8, 4) is 5.75 Å². The Hall–Kier alpha value is -1.75. The lowest BCUT2D eigenvalue weighted by Gasteiger charge is -2.39. The van der Waals surface area contributed by atoms with Gasteiger partial charge in [-0.05, 0) is 19.1 Å². The van der Waals surface area contributed by atoms with Gasteiger partial charge in [0.2, 0.25) is 0 Å². The Morgan fingerprint density at radius 3 is 2.80 bits per heavy atom. The number of methoxy groups -OCH3 is 2. The van der Waals surface area contributed by atoms with Crippen LogP contribution < -0.4 is 10.1 Å². The van der Waals surface area contributed by atoms with Crippen LogP contribution in [0.3, 0.4) is 0 Å². The Morgan fingerprint density at radius 1 is 1.40 bits per heavy atom. The Balaban J connectivity index is 2.30. The molecule has 0 amide bonds. The Labute approximate surface area is 119 Å². The average Bonchev–Trinajstić information content (AvgIpc) is 2.47. The number of carbonyl (C=O) groups excluding carboxylic acids is 1. The molecule has 1 aromatic carbocycles. The molecule has 1 heterocycles. The van der Waals surface area contributed by atoms with Crippen LogP contribution in [0.1, 0.15) is 19.8 Å². The van der Waals surface area contributed by atoms with Crippen LogP contribution in [0, 0.1) is 0 Å². The molecule has 0 spiro atoms. The standard InChI is InChI=1S/C15H21NO4/c1-11-10-15(8-9-20-11,14(17)19-3)16-12-6-4-5-7-13(12)18-2/h4-7,11,16H,8-10H2,1-3H3. The summed E-state index contributed by atoms with van der Waals surface area (Å²) in [6.45, 7) is 2.49. The number of esters is 1. The second kappa shape index (κ2) is 6.13. The second-order valence-electron chi connectivity index (χ2n) is 5.03. The molecular weight excluding hydrogens is 258 g/mol. The van der Waals surface area contributed by atoms with Gasteiger partial charge in [0.25, 0.3) is 0 Å². The van der Waals surface area contributed by atoms with Crippen LogP contribution in [0.15, 0.2) is 24.3 Å². The quantitative estimate of drug-likeness (QED) is 0.856. The lowest BCUT2D eigenvalue weighted by atomic mass is 9.86. The summed E-state index contributed by atoms with van der Waals surface area (Å²) in [7, 11) is 3.02. The zero-order valence-corrected chi connectivity index (χ0v) is 12.1. The highest BCUT2D eigenvalue weighted by Crippen LogP contribution is 2.34. The topological polar surface area (TPSA) is 56.8 Å². The van der Waals surface area contributed by atoms with Crippen molar-refractivity contribution in [1.29, 1.82) is 0 Å². The summed E-state index contributed by atoms with van der Waals surface area (Å²) in [5.74, 6) is 0.438. The summed E-state index contributed by atoms with van der Waals surface area (Å²) in [4.78, 5) is 12.3. The van der Waals surface area contributed by atoms with E-state index in [0.717, 1.165) is 5.69 Å². The van der Waals surface area contributed by atoms with Gasteiger partial charge in [0.05, 0.1) is 26.0 Å². The van der Waals surface area contributed by atoms with E-state index in [9.17, 15) is 4.79 Å². The summed E-state index contributed by atoms with van der Waals surface area (Å²) in [5.41, 5.74) is 0.0237. The fourth-order valence-corrected chi connectivity index (χ4v) is 2.64. The van der Waals surface area contributed by atoms with E-state index in [-0.39, 0.29) is 12.1 Å². The van der Waals surface area contributed by atoms with Crippen LogP contribution in [-0.4, -0.2) is 38.4 Å². The fourth-order valence-electron chi connectivity index (χ4n) is 2.64. The smallest absolute Gasteiger partial charge is 0.331 e. The van der Waals surface area contributed by atoms with Crippen LogP contribution in [-0.2, 0) is 14.3 Å². The first-order chi connectivity index (χ1) is 9.61. The average molecular weight is 279 g/mol. The number of benzene rings is 1. The maximum absolute atomic E-state index is 12.3. The number of hydrogen-bond donors (Lipinski definition) is 1. The van der Waals surface area contributed by atoms with Crippen LogP contribution in [0.2, 0.25) is 0 Å².